The molecule has 1 aliphatic rings. The van der Waals surface area contributed by atoms with Gasteiger partial charge in [0.05, 0.1) is 13.7 Å². The molecule has 0 saturated heterocycles. The van der Waals surface area contributed by atoms with Crippen molar-refractivity contribution >= 4 is 5.97 Å². The molecule has 1 atom stereocenters. The fourth-order valence-electron chi connectivity index (χ4n) is 2.08. The minimum Gasteiger partial charge on any atom is -0.486 e. The number of rotatable bonds is 4. The summed E-state index contributed by atoms with van der Waals surface area (Å²) >= 11 is 0. The van der Waals surface area contributed by atoms with Gasteiger partial charge in [-0.05, 0) is 24.6 Å². The van der Waals surface area contributed by atoms with Crippen LogP contribution in [0.3, 0.4) is 0 Å². The second kappa shape index (κ2) is 5.85. The third kappa shape index (κ3) is 2.56. The molecule has 1 heterocycles. The molecule has 5 heteroatoms. The Labute approximate surface area is 118 Å². The number of hydrogen-bond donors (Lipinski definition) is 1. The first-order chi connectivity index (χ1) is 9.61. The van der Waals surface area contributed by atoms with Crippen LogP contribution in [0.4, 0.5) is 0 Å². The largest absolute Gasteiger partial charge is 0.486 e. The average Bonchev–Trinajstić information content (AvgIpc) is 2.51. The molecule has 1 aromatic carbocycles. The summed E-state index contributed by atoms with van der Waals surface area (Å²) in [5.41, 5.74) is -0.319. The minimum atomic E-state index is -1.03. The van der Waals surface area contributed by atoms with Gasteiger partial charge >= 0.3 is 5.97 Å². The van der Waals surface area contributed by atoms with Crippen LogP contribution in [0.1, 0.15) is 12.5 Å². The quantitative estimate of drug-likeness (QED) is 0.658. The maximum absolute atomic E-state index is 12.1. The van der Waals surface area contributed by atoms with E-state index in [4.69, 9.17) is 20.6 Å². The summed E-state index contributed by atoms with van der Waals surface area (Å²) in [7, 11) is 1.34. The summed E-state index contributed by atoms with van der Waals surface area (Å²) in [6.45, 7) is 2.99. The third-order valence-corrected chi connectivity index (χ3v) is 3.26. The molecular formula is C15H17NO4. The van der Waals surface area contributed by atoms with E-state index in [1.165, 1.54) is 7.11 Å². The number of methoxy groups -OCH3 is 1. The first kappa shape index (κ1) is 14.2. The standard InChI is InChI=1S/C15H17NO4/c1-4-7-16-15(2,14(17)18-3)11-5-6-12-13(10-11)20-9-8-19-12/h1,5-6,10,16H,7-9H2,2-3H3. The Morgan fingerprint density at radius 2 is 2.15 bits per heavy atom. The Morgan fingerprint density at radius 1 is 1.45 bits per heavy atom. The lowest BCUT2D eigenvalue weighted by Crippen LogP contribution is -2.47. The van der Waals surface area contributed by atoms with Gasteiger partial charge in [0.2, 0.25) is 0 Å². The molecule has 1 N–H and O–H groups in total. The van der Waals surface area contributed by atoms with Gasteiger partial charge in [0.25, 0.3) is 0 Å². The van der Waals surface area contributed by atoms with E-state index in [1.807, 2.05) is 0 Å². The molecule has 0 aromatic heterocycles. The minimum absolute atomic E-state index is 0.250. The van der Waals surface area contributed by atoms with Crippen LogP contribution in [0.5, 0.6) is 11.5 Å². The fourth-order valence-corrected chi connectivity index (χ4v) is 2.08. The van der Waals surface area contributed by atoms with Crippen molar-refractivity contribution in [3.05, 3.63) is 23.8 Å². The Bertz CT molecular complexity index is 549. The van der Waals surface area contributed by atoms with Gasteiger partial charge < -0.3 is 14.2 Å². The predicted octanol–water partition coefficient (Wildman–Crippen LogP) is 1.07. The Morgan fingerprint density at radius 3 is 2.80 bits per heavy atom. The molecule has 106 valence electrons. The highest BCUT2D eigenvalue weighted by molar-refractivity contribution is 5.82. The van der Waals surface area contributed by atoms with Crippen molar-refractivity contribution in [3.63, 3.8) is 0 Å². The van der Waals surface area contributed by atoms with E-state index in [-0.39, 0.29) is 6.54 Å². The molecular weight excluding hydrogens is 258 g/mol. The van der Waals surface area contributed by atoms with E-state index in [9.17, 15) is 4.79 Å². The summed E-state index contributed by atoms with van der Waals surface area (Å²) in [4.78, 5) is 12.1. The molecule has 0 saturated carbocycles. The fraction of sp³-hybridized carbons (Fsp3) is 0.400. The number of hydrogen-bond acceptors (Lipinski definition) is 5. The average molecular weight is 275 g/mol. The Balaban J connectivity index is 2.38. The second-order valence-electron chi connectivity index (χ2n) is 4.53. The highest BCUT2D eigenvalue weighted by Gasteiger charge is 2.36. The smallest absolute Gasteiger partial charge is 0.330 e. The van der Waals surface area contributed by atoms with Gasteiger partial charge in [-0.1, -0.05) is 12.0 Å². The summed E-state index contributed by atoms with van der Waals surface area (Å²) in [6, 6.07) is 5.35. The molecule has 5 nitrogen and oxygen atoms in total. The molecule has 1 aromatic rings. The number of terminal acetylenes is 1. The van der Waals surface area contributed by atoms with E-state index in [1.54, 1.807) is 25.1 Å². The Kier molecular flexibility index (Phi) is 4.16. The van der Waals surface area contributed by atoms with E-state index in [0.717, 1.165) is 0 Å². The van der Waals surface area contributed by atoms with Gasteiger partial charge in [0, 0.05) is 0 Å². The number of ether oxygens (including phenoxy) is 3. The zero-order chi connectivity index (χ0) is 14.6. The number of carbonyl (C=O) groups is 1. The topological polar surface area (TPSA) is 56.8 Å². The molecule has 0 spiro atoms. The van der Waals surface area contributed by atoms with Crippen molar-refractivity contribution in [2.75, 3.05) is 26.9 Å². The van der Waals surface area contributed by atoms with Gasteiger partial charge in [-0.15, -0.1) is 6.42 Å². The molecule has 20 heavy (non-hydrogen) atoms. The summed E-state index contributed by atoms with van der Waals surface area (Å²) in [5, 5.41) is 3.01. The van der Waals surface area contributed by atoms with E-state index in [0.29, 0.717) is 30.3 Å². The molecule has 1 unspecified atom stereocenters. The molecule has 2 rings (SSSR count). The number of carbonyl (C=O) groups excluding carboxylic acids is 1. The lowest BCUT2D eigenvalue weighted by Gasteiger charge is -2.29. The normalized spacial score (nSPS) is 15.8. The third-order valence-electron chi connectivity index (χ3n) is 3.26. The first-order valence-electron chi connectivity index (χ1n) is 6.29. The van der Waals surface area contributed by atoms with Crippen LogP contribution in [0.2, 0.25) is 0 Å². The van der Waals surface area contributed by atoms with Crippen LogP contribution >= 0.6 is 0 Å². The van der Waals surface area contributed by atoms with Crippen LogP contribution in [0.15, 0.2) is 18.2 Å². The van der Waals surface area contributed by atoms with E-state index >= 15 is 0 Å². The van der Waals surface area contributed by atoms with Crippen molar-refractivity contribution in [3.8, 4) is 23.8 Å². The van der Waals surface area contributed by atoms with Crippen molar-refractivity contribution in [1.29, 1.82) is 0 Å². The van der Waals surface area contributed by atoms with Crippen LogP contribution in [-0.2, 0) is 15.1 Å². The molecule has 0 amide bonds. The number of nitrogens with one attached hydrogen (secondary N) is 1. The van der Waals surface area contributed by atoms with E-state index in [2.05, 4.69) is 11.2 Å². The first-order valence-corrected chi connectivity index (χ1v) is 6.29. The summed E-state index contributed by atoms with van der Waals surface area (Å²) in [6.07, 6.45) is 5.26. The van der Waals surface area contributed by atoms with Crippen molar-refractivity contribution < 1.29 is 19.0 Å². The van der Waals surface area contributed by atoms with Gasteiger partial charge in [-0.2, -0.15) is 0 Å². The monoisotopic (exact) mass is 275 g/mol. The van der Waals surface area contributed by atoms with E-state index < -0.39 is 11.5 Å². The van der Waals surface area contributed by atoms with Crippen LogP contribution in [0, 0.1) is 12.3 Å². The zero-order valence-corrected chi connectivity index (χ0v) is 11.6. The molecule has 0 fully saturated rings. The highest BCUT2D eigenvalue weighted by atomic mass is 16.6. The number of esters is 1. The van der Waals surface area contributed by atoms with Gasteiger partial charge in [0.1, 0.15) is 18.8 Å². The predicted molar refractivity (Wildman–Crippen MR) is 73.6 cm³/mol. The summed E-state index contributed by atoms with van der Waals surface area (Å²) < 4.78 is 15.9. The van der Waals surface area contributed by atoms with Crippen LogP contribution in [0.25, 0.3) is 0 Å². The molecule has 1 aliphatic heterocycles. The van der Waals surface area contributed by atoms with Crippen molar-refractivity contribution in [2.24, 2.45) is 0 Å². The van der Waals surface area contributed by atoms with Gasteiger partial charge in [-0.25, -0.2) is 4.79 Å². The lowest BCUT2D eigenvalue weighted by molar-refractivity contribution is -0.148. The number of fused-ring (bicyclic) bond motifs is 1. The van der Waals surface area contributed by atoms with Crippen LogP contribution < -0.4 is 14.8 Å². The van der Waals surface area contributed by atoms with Crippen molar-refractivity contribution in [1.82, 2.24) is 5.32 Å². The lowest BCUT2D eigenvalue weighted by atomic mass is 9.91. The maximum Gasteiger partial charge on any atom is 0.330 e. The van der Waals surface area contributed by atoms with Crippen LogP contribution in [-0.4, -0.2) is 32.8 Å². The van der Waals surface area contributed by atoms with Gasteiger partial charge in [-0.3, -0.25) is 5.32 Å². The SMILES string of the molecule is C#CCNC(C)(C(=O)OC)c1ccc2c(c1)OCCO2. The summed E-state index contributed by atoms with van der Waals surface area (Å²) in [5.74, 6) is 3.33. The Hall–Kier alpha value is -2.19. The van der Waals surface area contributed by atoms with Gasteiger partial charge in [0.15, 0.2) is 11.5 Å². The maximum atomic E-state index is 12.1. The molecule has 0 radical (unpaired) electrons. The molecule has 0 aliphatic carbocycles. The second-order valence-corrected chi connectivity index (χ2v) is 4.53. The highest BCUT2D eigenvalue weighted by Crippen LogP contribution is 2.34. The number of benzene rings is 1. The molecule has 0 bridgehead atoms. The van der Waals surface area contributed by atoms with Crippen molar-refractivity contribution in [2.45, 2.75) is 12.5 Å². The zero-order valence-electron chi connectivity index (χ0n) is 11.6.